The fourth-order valence-electron chi connectivity index (χ4n) is 5.15. The topological polar surface area (TPSA) is 91.4 Å². The predicted molar refractivity (Wildman–Crippen MR) is 137 cm³/mol. The third-order valence-electron chi connectivity index (χ3n) is 6.97. The molecule has 0 aliphatic carbocycles. The van der Waals surface area contributed by atoms with Crippen LogP contribution < -0.4 is 9.80 Å². The molecule has 0 saturated carbocycles. The van der Waals surface area contributed by atoms with E-state index in [0.29, 0.717) is 36.0 Å². The third kappa shape index (κ3) is 3.90. The van der Waals surface area contributed by atoms with E-state index in [9.17, 15) is 12.8 Å². The van der Waals surface area contributed by atoms with Gasteiger partial charge in [0.1, 0.15) is 5.82 Å². The average molecular weight is 508 g/mol. The molecule has 8 nitrogen and oxygen atoms in total. The number of nitrogens with one attached hydrogen (secondary N) is 1. The Morgan fingerprint density at radius 2 is 2.00 bits per heavy atom. The van der Waals surface area contributed by atoms with Crippen molar-refractivity contribution in [1.29, 1.82) is 0 Å². The normalized spacial score (nSPS) is 17.8. The fourth-order valence-corrected chi connectivity index (χ4v) is 5.78. The zero-order valence-corrected chi connectivity index (χ0v) is 20.8. The molecule has 0 bridgehead atoms. The number of ether oxygens (including phenoxy) is 1. The maximum absolute atomic E-state index is 14.4. The van der Waals surface area contributed by atoms with Crippen molar-refractivity contribution in [2.75, 3.05) is 42.4 Å². The minimum atomic E-state index is -3.25. The number of benzene rings is 2. The molecule has 36 heavy (non-hydrogen) atoms. The number of anilines is 2. The molecule has 2 aromatic heterocycles. The summed E-state index contributed by atoms with van der Waals surface area (Å²) in [5.74, 6) is 1.07. The summed E-state index contributed by atoms with van der Waals surface area (Å²) in [5.41, 5.74) is 4.07. The van der Waals surface area contributed by atoms with E-state index in [1.165, 1.54) is 12.3 Å². The van der Waals surface area contributed by atoms with Crippen molar-refractivity contribution >= 4 is 32.2 Å². The van der Waals surface area contributed by atoms with Gasteiger partial charge in [-0.2, -0.15) is 0 Å². The minimum absolute atomic E-state index is 0.131. The Balaban J connectivity index is 1.41. The number of sulfone groups is 1. The lowest BCUT2D eigenvalue weighted by Crippen LogP contribution is -2.55. The third-order valence-corrected chi connectivity index (χ3v) is 8.10. The number of aryl methyl sites for hydroxylation is 1. The molecule has 1 N–H and O–H groups in total. The van der Waals surface area contributed by atoms with E-state index in [1.807, 2.05) is 25.3 Å². The van der Waals surface area contributed by atoms with E-state index in [0.717, 1.165) is 46.7 Å². The van der Waals surface area contributed by atoms with Gasteiger partial charge in [0, 0.05) is 43.0 Å². The average Bonchev–Trinajstić information content (AvgIpc) is 3.26. The van der Waals surface area contributed by atoms with Crippen molar-refractivity contribution in [3.63, 3.8) is 0 Å². The molecule has 2 aliphatic rings. The number of halogens is 1. The SMILES string of the molecule is Cc1c[nH]c2c(F)ccc(-c3ncc4c(n3)N3CCOCC3CN4Cc3ccc(S(C)(=O)=O)cc3)c12. The van der Waals surface area contributed by atoms with Gasteiger partial charge in [-0.15, -0.1) is 0 Å². The molecule has 2 aromatic carbocycles. The lowest BCUT2D eigenvalue weighted by Gasteiger charge is -2.45. The molecule has 0 spiro atoms. The summed E-state index contributed by atoms with van der Waals surface area (Å²) in [6, 6.07) is 10.3. The first kappa shape index (κ1) is 22.9. The highest BCUT2D eigenvalue weighted by molar-refractivity contribution is 7.90. The monoisotopic (exact) mass is 507 g/mol. The Morgan fingerprint density at radius 1 is 1.19 bits per heavy atom. The smallest absolute Gasteiger partial charge is 0.175 e. The van der Waals surface area contributed by atoms with Crippen molar-refractivity contribution in [2.45, 2.75) is 24.4 Å². The highest BCUT2D eigenvalue weighted by Gasteiger charge is 2.35. The fraction of sp³-hybridized carbons (Fsp3) is 0.308. The van der Waals surface area contributed by atoms with Gasteiger partial charge in [0.2, 0.25) is 0 Å². The van der Waals surface area contributed by atoms with Gasteiger partial charge in [-0.1, -0.05) is 12.1 Å². The van der Waals surface area contributed by atoms with Crippen LogP contribution in [0.5, 0.6) is 0 Å². The Labute approximate surface area is 208 Å². The predicted octanol–water partition coefficient (Wildman–Crippen LogP) is 3.70. The Kier molecular flexibility index (Phi) is 5.45. The summed E-state index contributed by atoms with van der Waals surface area (Å²) in [5, 5.41) is 0.784. The number of hydrogen-bond donors (Lipinski definition) is 1. The van der Waals surface area contributed by atoms with Crippen molar-refractivity contribution in [2.24, 2.45) is 0 Å². The highest BCUT2D eigenvalue weighted by atomic mass is 32.2. The van der Waals surface area contributed by atoms with E-state index < -0.39 is 9.84 Å². The number of nitrogens with zero attached hydrogens (tertiary/aromatic N) is 4. The zero-order valence-electron chi connectivity index (χ0n) is 20.0. The maximum atomic E-state index is 14.4. The molecule has 4 aromatic rings. The molecule has 1 unspecified atom stereocenters. The quantitative estimate of drug-likeness (QED) is 0.450. The van der Waals surface area contributed by atoms with Gasteiger partial charge in [-0.3, -0.25) is 0 Å². The van der Waals surface area contributed by atoms with Crippen LogP contribution in [0.1, 0.15) is 11.1 Å². The van der Waals surface area contributed by atoms with E-state index in [2.05, 4.69) is 14.8 Å². The summed E-state index contributed by atoms with van der Waals surface area (Å²) in [6.07, 6.45) is 4.84. The van der Waals surface area contributed by atoms with Crippen LogP contribution in [0.4, 0.5) is 15.9 Å². The summed E-state index contributed by atoms with van der Waals surface area (Å²) >= 11 is 0. The van der Waals surface area contributed by atoms with E-state index in [1.54, 1.807) is 24.4 Å². The van der Waals surface area contributed by atoms with Crippen molar-refractivity contribution in [3.05, 3.63) is 65.7 Å². The Morgan fingerprint density at radius 3 is 2.78 bits per heavy atom. The second-order valence-corrected chi connectivity index (χ2v) is 11.5. The van der Waals surface area contributed by atoms with Gasteiger partial charge in [-0.25, -0.2) is 22.8 Å². The van der Waals surface area contributed by atoms with Crippen molar-refractivity contribution in [1.82, 2.24) is 15.0 Å². The Hall–Kier alpha value is -3.50. The molecule has 6 rings (SSSR count). The maximum Gasteiger partial charge on any atom is 0.175 e. The first-order valence-corrected chi connectivity index (χ1v) is 13.7. The molecule has 10 heteroatoms. The summed E-state index contributed by atoms with van der Waals surface area (Å²) in [4.78, 5) is 17.5. The summed E-state index contributed by atoms with van der Waals surface area (Å²) in [7, 11) is -3.25. The van der Waals surface area contributed by atoms with Crippen LogP contribution in [0.25, 0.3) is 22.3 Å². The van der Waals surface area contributed by atoms with Gasteiger partial charge in [-0.05, 0) is 42.3 Å². The van der Waals surface area contributed by atoms with Gasteiger partial charge >= 0.3 is 0 Å². The number of aromatic nitrogens is 3. The van der Waals surface area contributed by atoms with Crippen LogP contribution in [-0.4, -0.2) is 62.0 Å². The van der Waals surface area contributed by atoms with Crippen LogP contribution in [0.15, 0.2) is 53.7 Å². The van der Waals surface area contributed by atoms with Crippen LogP contribution in [0.2, 0.25) is 0 Å². The first-order chi connectivity index (χ1) is 17.3. The molecule has 1 fully saturated rings. The number of aromatic amines is 1. The number of rotatable bonds is 4. The van der Waals surface area contributed by atoms with Gasteiger partial charge in [0.25, 0.3) is 0 Å². The van der Waals surface area contributed by atoms with E-state index >= 15 is 0 Å². The first-order valence-electron chi connectivity index (χ1n) is 11.8. The van der Waals surface area contributed by atoms with Crippen LogP contribution in [0, 0.1) is 12.7 Å². The Bertz CT molecular complexity index is 1570. The van der Waals surface area contributed by atoms with Crippen molar-refractivity contribution < 1.29 is 17.5 Å². The van der Waals surface area contributed by atoms with Crippen LogP contribution >= 0.6 is 0 Å². The molecule has 0 amide bonds. The molecule has 4 heterocycles. The van der Waals surface area contributed by atoms with Gasteiger partial charge in [0.05, 0.1) is 41.6 Å². The summed E-state index contributed by atoms with van der Waals surface area (Å²) in [6.45, 7) is 5.21. The lowest BCUT2D eigenvalue weighted by molar-refractivity contribution is 0.0936. The van der Waals surface area contributed by atoms with Crippen LogP contribution in [0.3, 0.4) is 0 Å². The van der Waals surface area contributed by atoms with E-state index in [-0.39, 0.29) is 11.9 Å². The standard InChI is InChI=1S/C26H26FN5O3S/c1-16-11-28-24-21(27)8-7-20(23(16)24)25-29-12-22-26(30-25)32-9-10-35-15-18(32)14-31(22)13-17-3-5-19(6-4-17)36(2,33)34/h3-8,11-12,18,28H,9-10,13-15H2,1-2H3. The molecule has 186 valence electrons. The molecular formula is C26H26FN5O3S. The largest absolute Gasteiger partial charge is 0.377 e. The number of morpholine rings is 1. The van der Waals surface area contributed by atoms with Crippen LogP contribution in [-0.2, 0) is 21.1 Å². The van der Waals surface area contributed by atoms with Crippen molar-refractivity contribution in [3.8, 4) is 11.4 Å². The molecular weight excluding hydrogens is 481 g/mol. The highest BCUT2D eigenvalue weighted by Crippen LogP contribution is 2.38. The second kappa shape index (κ2) is 8.56. The molecule has 0 radical (unpaired) electrons. The minimum Gasteiger partial charge on any atom is -0.377 e. The lowest BCUT2D eigenvalue weighted by atomic mass is 10.1. The summed E-state index contributed by atoms with van der Waals surface area (Å²) < 4.78 is 43.9. The van der Waals surface area contributed by atoms with Gasteiger partial charge < -0.3 is 19.5 Å². The number of hydrogen-bond acceptors (Lipinski definition) is 7. The molecule has 1 atom stereocenters. The van der Waals surface area contributed by atoms with Gasteiger partial charge in [0.15, 0.2) is 21.5 Å². The number of fused-ring (bicyclic) bond motifs is 4. The molecule has 1 saturated heterocycles. The number of H-pyrrole nitrogens is 1. The molecule has 2 aliphatic heterocycles. The zero-order chi connectivity index (χ0) is 25.0. The second-order valence-electron chi connectivity index (χ2n) is 9.44. The van der Waals surface area contributed by atoms with E-state index in [4.69, 9.17) is 14.7 Å².